The highest BCUT2D eigenvalue weighted by atomic mass is 32.2. The van der Waals surface area contributed by atoms with E-state index in [0.717, 1.165) is 5.75 Å². The number of rotatable bonds is 6. The number of ether oxygens (including phenoxy) is 1. The van der Waals surface area contributed by atoms with Gasteiger partial charge < -0.3 is 10.1 Å². The Bertz CT molecular complexity index is 277. The maximum atomic E-state index is 11.8. The van der Waals surface area contributed by atoms with Crippen LogP contribution in [-0.2, 0) is 9.53 Å². The molecule has 1 N–H and O–H groups in total. The molecule has 0 saturated heterocycles. The zero-order valence-electron chi connectivity index (χ0n) is 11.7. The molecule has 0 bridgehead atoms. The summed E-state index contributed by atoms with van der Waals surface area (Å²) in [5.41, 5.74) is -0.547. The molecule has 0 radical (unpaired) electrons. The third kappa shape index (κ3) is 8.69. The molecule has 0 aliphatic carbocycles. The molecule has 0 aromatic heterocycles. The number of nitrogens with one attached hydrogen (secondary N) is 1. The Morgan fingerprint density at radius 1 is 1.33 bits per heavy atom. The van der Waals surface area contributed by atoms with Gasteiger partial charge in [0, 0.05) is 0 Å². The summed E-state index contributed by atoms with van der Waals surface area (Å²) in [5, 5.41) is 2.65. The van der Waals surface area contributed by atoms with Crippen molar-refractivity contribution in [3.8, 4) is 0 Å². The zero-order chi connectivity index (χ0) is 14.2. The second kappa shape index (κ2) is 8.69. The summed E-state index contributed by atoms with van der Waals surface area (Å²) in [4.78, 5) is 23.5. The molecule has 0 spiro atoms. The van der Waals surface area contributed by atoms with Crippen molar-refractivity contribution in [2.24, 2.45) is 0 Å². The molecule has 0 aromatic carbocycles. The molecule has 1 atom stereocenters. The van der Waals surface area contributed by atoms with Crippen LogP contribution in [0.5, 0.6) is 0 Å². The number of carbonyl (C=O) groups is 2. The van der Waals surface area contributed by atoms with Crippen LogP contribution >= 0.6 is 23.5 Å². The first-order chi connectivity index (χ1) is 8.30. The van der Waals surface area contributed by atoms with E-state index in [4.69, 9.17) is 4.74 Å². The van der Waals surface area contributed by atoms with Crippen LogP contribution < -0.4 is 5.32 Å². The highest BCUT2D eigenvalue weighted by Crippen LogP contribution is 2.12. The predicted molar refractivity (Wildman–Crippen MR) is 79.3 cm³/mol. The van der Waals surface area contributed by atoms with Gasteiger partial charge in [-0.1, -0.05) is 18.7 Å². The largest absolute Gasteiger partial charge is 0.444 e. The van der Waals surface area contributed by atoms with Crippen LogP contribution in [0.1, 0.15) is 34.1 Å². The van der Waals surface area contributed by atoms with E-state index >= 15 is 0 Å². The van der Waals surface area contributed by atoms with E-state index in [1.807, 2.05) is 13.2 Å². The fourth-order valence-electron chi connectivity index (χ4n) is 1.18. The second-order valence-corrected chi connectivity index (χ2v) is 6.99. The number of hydrogen-bond donors (Lipinski definition) is 1. The van der Waals surface area contributed by atoms with Gasteiger partial charge in [0.05, 0.1) is 0 Å². The third-order valence-corrected chi connectivity index (χ3v) is 3.37. The average molecular weight is 293 g/mol. The Labute approximate surface area is 118 Å². The van der Waals surface area contributed by atoms with Gasteiger partial charge in [-0.2, -0.15) is 11.8 Å². The fourth-order valence-corrected chi connectivity index (χ4v) is 2.31. The molecule has 6 heteroatoms. The maximum absolute atomic E-state index is 11.8. The van der Waals surface area contributed by atoms with Gasteiger partial charge in [-0.15, -0.1) is 0 Å². The third-order valence-electron chi connectivity index (χ3n) is 1.87. The van der Waals surface area contributed by atoms with E-state index in [9.17, 15) is 9.59 Å². The minimum absolute atomic E-state index is 0.00240. The van der Waals surface area contributed by atoms with Crippen molar-refractivity contribution in [1.82, 2.24) is 5.32 Å². The first-order valence-corrected chi connectivity index (χ1v) is 8.33. The molecule has 0 saturated carbocycles. The molecular formula is C12H23NO3S2. The number of carbonyl (C=O) groups excluding carboxylic acids is 2. The number of alkyl carbamates (subject to hydrolysis) is 1. The van der Waals surface area contributed by atoms with Crippen LogP contribution in [0.25, 0.3) is 0 Å². The summed E-state index contributed by atoms with van der Waals surface area (Å²) in [6.07, 6.45) is 2.08. The van der Waals surface area contributed by atoms with Gasteiger partial charge in [-0.05, 0) is 45.0 Å². The number of amides is 1. The van der Waals surface area contributed by atoms with Gasteiger partial charge in [0.1, 0.15) is 11.6 Å². The molecule has 0 heterocycles. The van der Waals surface area contributed by atoms with Crippen LogP contribution in [0.4, 0.5) is 4.79 Å². The highest BCUT2D eigenvalue weighted by molar-refractivity contribution is 8.13. The zero-order valence-corrected chi connectivity index (χ0v) is 13.4. The van der Waals surface area contributed by atoms with Crippen LogP contribution in [0, 0.1) is 0 Å². The monoisotopic (exact) mass is 293 g/mol. The van der Waals surface area contributed by atoms with E-state index < -0.39 is 17.7 Å². The van der Waals surface area contributed by atoms with Crippen molar-refractivity contribution >= 4 is 34.7 Å². The molecule has 0 aliphatic heterocycles. The van der Waals surface area contributed by atoms with E-state index in [1.54, 1.807) is 32.5 Å². The van der Waals surface area contributed by atoms with Gasteiger partial charge >= 0.3 is 6.09 Å². The average Bonchev–Trinajstić information content (AvgIpc) is 2.21. The molecular weight excluding hydrogens is 270 g/mol. The van der Waals surface area contributed by atoms with Crippen molar-refractivity contribution in [2.75, 3.05) is 17.8 Å². The summed E-state index contributed by atoms with van der Waals surface area (Å²) >= 11 is 2.88. The van der Waals surface area contributed by atoms with Gasteiger partial charge in [-0.3, -0.25) is 4.79 Å². The van der Waals surface area contributed by atoms with Crippen molar-refractivity contribution in [1.29, 1.82) is 0 Å². The van der Waals surface area contributed by atoms with Crippen LogP contribution in [0.2, 0.25) is 0 Å². The lowest BCUT2D eigenvalue weighted by Gasteiger charge is -2.22. The van der Waals surface area contributed by atoms with Crippen molar-refractivity contribution in [2.45, 2.75) is 45.8 Å². The van der Waals surface area contributed by atoms with Crippen LogP contribution in [0.3, 0.4) is 0 Å². The van der Waals surface area contributed by atoms with Crippen LogP contribution in [0.15, 0.2) is 0 Å². The molecule has 0 rings (SSSR count). The smallest absolute Gasteiger partial charge is 0.408 e. The molecule has 0 aromatic rings. The van der Waals surface area contributed by atoms with E-state index in [1.165, 1.54) is 11.8 Å². The van der Waals surface area contributed by atoms with Crippen molar-refractivity contribution in [3.63, 3.8) is 0 Å². The standard InChI is InChI=1S/C12H23NO3S2/c1-6-18-10(14)9(7-8-17-5)13-11(15)16-12(2,3)4/h9H,6-8H2,1-5H3,(H,13,15)/t9-/m0/s1. The van der Waals surface area contributed by atoms with Gasteiger partial charge in [0.25, 0.3) is 0 Å². The minimum Gasteiger partial charge on any atom is -0.444 e. The maximum Gasteiger partial charge on any atom is 0.408 e. The molecule has 0 fully saturated rings. The molecule has 106 valence electrons. The Balaban J connectivity index is 4.39. The Morgan fingerprint density at radius 2 is 1.94 bits per heavy atom. The van der Waals surface area contributed by atoms with Crippen LogP contribution in [-0.4, -0.2) is 40.6 Å². The molecule has 0 aliphatic rings. The first-order valence-electron chi connectivity index (χ1n) is 5.95. The normalized spacial score (nSPS) is 12.9. The van der Waals surface area contributed by atoms with Crippen molar-refractivity contribution in [3.05, 3.63) is 0 Å². The number of thioether (sulfide) groups is 2. The Kier molecular flexibility index (Phi) is 8.52. The molecule has 1 amide bonds. The Hall–Kier alpha value is -0.360. The van der Waals surface area contributed by atoms with Crippen molar-refractivity contribution < 1.29 is 14.3 Å². The van der Waals surface area contributed by atoms with E-state index in [-0.39, 0.29) is 5.12 Å². The molecule has 4 nitrogen and oxygen atoms in total. The first kappa shape index (κ1) is 17.6. The van der Waals surface area contributed by atoms with Gasteiger partial charge in [0.15, 0.2) is 0 Å². The Morgan fingerprint density at radius 3 is 2.39 bits per heavy atom. The summed E-state index contributed by atoms with van der Waals surface area (Å²) in [6, 6.07) is -0.461. The quantitative estimate of drug-likeness (QED) is 0.816. The summed E-state index contributed by atoms with van der Waals surface area (Å²) in [7, 11) is 0. The predicted octanol–water partition coefficient (Wildman–Crippen LogP) is 2.91. The SMILES string of the molecule is CCSC(=O)[C@H](CCSC)NC(=O)OC(C)(C)C. The highest BCUT2D eigenvalue weighted by Gasteiger charge is 2.23. The number of hydrogen-bond acceptors (Lipinski definition) is 5. The second-order valence-electron chi connectivity index (χ2n) is 4.73. The summed E-state index contributed by atoms with van der Waals surface area (Å²) < 4.78 is 5.16. The summed E-state index contributed by atoms with van der Waals surface area (Å²) in [5.74, 6) is 1.54. The lowest BCUT2D eigenvalue weighted by molar-refractivity contribution is -0.112. The summed E-state index contributed by atoms with van der Waals surface area (Å²) in [6.45, 7) is 7.31. The van der Waals surface area contributed by atoms with Gasteiger partial charge in [0.2, 0.25) is 5.12 Å². The van der Waals surface area contributed by atoms with E-state index in [0.29, 0.717) is 12.2 Å². The molecule has 18 heavy (non-hydrogen) atoms. The lowest BCUT2D eigenvalue weighted by atomic mass is 10.2. The van der Waals surface area contributed by atoms with Gasteiger partial charge in [-0.25, -0.2) is 4.79 Å². The fraction of sp³-hybridized carbons (Fsp3) is 0.833. The minimum atomic E-state index is -0.547. The van der Waals surface area contributed by atoms with E-state index in [2.05, 4.69) is 5.32 Å². The lowest BCUT2D eigenvalue weighted by Crippen LogP contribution is -2.43. The topological polar surface area (TPSA) is 55.4 Å². The molecule has 0 unspecified atom stereocenters.